The van der Waals surface area contributed by atoms with Gasteiger partial charge in [-0.3, -0.25) is 4.90 Å². The molecule has 0 aliphatic carbocycles. The molecule has 0 aromatic heterocycles. The van der Waals surface area contributed by atoms with Gasteiger partial charge in [0.05, 0.1) is 24.8 Å². The van der Waals surface area contributed by atoms with E-state index in [9.17, 15) is 13.2 Å². The Morgan fingerprint density at radius 1 is 1.22 bits per heavy atom. The highest BCUT2D eigenvalue weighted by Gasteiger charge is 2.30. The number of aliphatic hydroxyl groups is 1. The predicted octanol–water partition coefficient (Wildman–Crippen LogP) is 3.25. The lowest BCUT2D eigenvalue weighted by molar-refractivity contribution is -0.147. The molecule has 0 bridgehead atoms. The summed E-state index contributed by atoms with van der Waals surface area (Å²) in [7, 11) is 0. The third-order valence-electron chi connectivity index (χ3n) is 3.30. The maximum Gasteiger partial charge on any atom is 0.401 e. The summed E-state index contributed by atoms with van der Waals surface area (Å²) in [6, 6.07) is 3.26. The van der Waals surface area contributed by atoms with Crippen molar-refractivity contribution in [2.24, 2.45) is 0 Å². The number of ether oxygens (including phenoxy) is 2. The molecule has 1 aliphatic rings. The molecular formula is C15H19ClF3NO3. The lowest BCUT2D eigenvalue weighted by Crippen LogP contribution is -2.34. The fourth-order valence-corrected chi connectivity index (χ4v) is 2.68. The Balaban J connectivity index is 2.15. The Kier molecular flexibility index (Phi) is 6.38. The molecule has 130 valence electrons. The second kappa shape index (κ2) is 8.08. The number of fused-ring (bicyclic) bond motifs is 1. The van der Waals surface area contributed by atoms with Gasteiger partial charge in [-0.15, -0.1) is 0 Å². The summed E-state index contributed by atoms with van der Waals surface area (Å²) in [5.74, 6) is 0.893. The standard InChI is InChI=1S/C15H19ClF3NO3/c16-12-7-11(8-13-14(12)23-6-2-5-22-13)9-20(3-1-4-21)10-15(17,18)19/h7-8,21H,1-6,9-10H2. The van der Waals surface area contributed by atoms with Crippen molar-refractivity contribution in [3.8, 4) is 11.5 Å². The first kappa shape index (κ1) is 18.2. The Hall–Kier alpha value is -1.18. The fraction of sp³-hybridized carbons (Fsp3) is 0.600. The zero-order valence-corrected chi connectivity index (χ0v) is 13.3. The van der Waals surface area contributed by atoms with Crippen LogP contribution in [0.4, 0.5) is 13.2 Å². The van der Waals surface area contributed by atoms with Gasteiger partial charge in [0, 0.05) is 26.1 Å². The van der Waals surface area contributed by atoms with Crippen LogP contribution in [-0.4, -0.2) is 49.1 Å². The molecule has 0 fully saturated rings. The Morgan fingerprint density at radius 2 is 1.96 bits per heavy atom. The van der Waals surface area contributed by atoms with E-state index in [1.807, 2.05) is 0 Å². The summed E-state index contributed by atoms with van der Waals surface area (Å²) in [6.07, 6.45) is -3.31. The van der Waals surface area contributed by atoms with Gasteiger partial charge in [-0.25, -0.2) is 0 Å². The number of hydrogen-bond donors (Lipinski definition) is 1. The van der Waals surface area contributed by atoms with Crippen LogP contribution in [0.25, 0.3) is 0 Å². The van der Waals surface area contributed by atoms with Gasteiger partial charge < -0.3 is 14.6 Å². The molecule has 0 radical (unpaired) electrons. The van der Waals surface area contributed by atoms with Crippen molar-refractivity contribution >= 4 is 11.6 Å². The normalized spacial score (nSPS) is 14.9. The molecule has 23 heavy (non-hydrogen) atoms. The van der Waals surface area contributed by atoms with Crippen LogP contribution in [0.15, 0.2) is 12.1 Å². The van der Waals surface area contributed by atoms with Gasteiger partial charge in [-0.2, -0.15) is 13.2 Å². The molecule has 0 saturated carbocycles. The number of hydrogen-bond acceptors (Lipinski definition) is 4. The molecule has 1 aromatic carbocycles. The Morgan fingerprint density at radius 3 is 2.65 bits per heavy atom. The highest BCUT2D eigenvalue weighted by molar-refractivity contribution is 6.32. The second-order valence-corrected chi connectivity index (χ2v) is 5.77. The molecule has 0 amide bonds. The minimum absolute atomic E-state index is 0.0653. The zero-order chi connectivity index (χ0) is 16.9. The van der Waals surface area contributed by atoms with Gasteiger partial charge in [0.2, 0.25) is 0 Å². The molecular weight excluding hydrogens is 335 g/mol. The molecule has 0 atom stereocenters. The summed E-state index contributed by atoms with van der Waals surface area (Å²) in [6.45, 7) is -0.0282. The van der Waals surface area contributed by atoms with E-state index in [-0.39, 0.29) is 26.1 Å². The van der Waals surface area contributed by atoms with Crippen molar-refractivity contribution in [3.05, 3.63) is 22.7 Å². The minimum atomic E-state index is -4.30. The highest BCUT2D eigenvalue weighted by Crippen LogP contribution is 2.38. The van der Waals surface area contributed by atoms with Crippen LogP contribution < -0.4 is 9.47 Å². The van der Waals surface area contributed by atoms with Gasteiger partial charge in [0.1, 0.15) is 0 Å². The molecule has 0 unspecified atom stereocenters. The largest absolute Gasteiger partial charge is 0.489 e. The third kappa shape index (κ3) is 5.75. The van der Waals surface area contributed by atoms with Crippen LogP contribution in [0, 0.1) is 0 Å². The lowest BCUT2D eigenvalue weighted by atomic mass is 10.1. The Bertz CT molecular complexity index is 525. The van der Waals surface area contributed by atoms with Crippen LogP contribution in [0.5, 0.6) is 11.5 Å². The predicted molar refractivity (Wildman–Crippen MR) is 80.1 cm³/mol. The molecule has 1 aromatic rings. The van der Waals surface area contributed by atoms with Gasteiger partial charge in [0.15, 0.2) is 11.5 Å². The summed E-state index contributed by atoms with van der Waals surface area (Å²) in [5, 5.41) is 9.17. The van der Waals surface area contributed by atoms with Crippen molar-refractivity contribution in [1.82, 2.24) is 4.90 Å². The van der Waals surface area contributed by atoms with Crippen molar-refractivity contribution in [2.45, 2.75) is 25.6 Å². The molecule has 0 saturated heterocycles. The topological polar surface area (TPSA) is 41.9 Å². The SMILES string of the molecule is OCCCN(Cc1cc(Cl)c2c(c1)OCCCO2)CC(F)(F)F. The van der Waals surface area contributed by atoms with E-state index in [1.54, 1.807) is 12.1 Å². The van der Waals surface area contributed by atoms with E-state index in [2.05, 4.69) is 0 Å². The van der Waals surface area contributed by atoms with Crippen LogP contribution in [0.2, 0.25) is 5.02 Å². The van der Waals surface area contributed by atoms with E-state index in [0.29, 0.717) is 35.3 Å². The van der Waals surface area contributed by atoms with Crippen molar-refractivity contribution in [1.29, 1.82) is 0 Å². The van der Waals surface area contributed by atoms with E-state index in [4.69, 9.17) is 26.2 Å². The number of aliphatic hydroxyl groups excluding tert-OH is 1. The van der Waals surface area contributed by atoms with Crippen LogP contribution in [0.3, 0.4) is 0 Å². The zero-order valence-electron chi connectivity index (χ0n) is 12.5. The molecule has 1 heterocycles. The number of benzene rings is 1. The van der Waals surface area contributed by atoms with Gasteiger partial charge in [0.25, 0.3) is 0 Å². The van der Waals surface area contributed by atoms with Gasteiger partial charge in [-0.05, 0) is 24.1 Å². The number of nitrogens with zero attached hydrogens (tertiary/aromatic N) is 1. The summed E-state index contributed by atoms with van der Waals surface area (Å²) in [5.41, 5.74) is 0.612. The monoisotopic (exact) mass is 353 g/mol. The first-order chi connectivity index (χ1) is 10.9. The highest BCUT2D eigenvalue weighted by atomic mass is 35.5. The maximum atomic E-state index is 12.7. The average Bonchev–Trinajstić information content (AvgIpc) is 2.69. The number of rotatable bonds is 6. The van der Waals surface area contributed by atoms with Gasteiger partial charge in [-0.1, -0.05) is 11.6 Å². The van der Waals surface area contributed by atoms with E-state index < -0.39 is 12.7 Å². The van der Waals surface area contributed by atoms with Crippen LogP contribution in [0.1, 0.15) is 18.4 Å². The van der Waals surface area contributed by atoms with E-state index in [0.717, 1.165) is 6.42 Å². The van der Waals surface area contributed by atoms with Crippen molar-refractivity contribution < 1.29 is 27.8 Å². The summed E-state index contributed by atoms with van der Waals surface area (Å²) < 4.78 is 49.0. The molecule has 4 nitrogen and oxygen atoms in total. The third-order valence-corrected chi connectivity index (χ3v) is 3.58. The molecule has 8 heteroatoms. The number of alkyl halides is 3. The fourth-order valence-electron chi connectivity index (χ4n) is 2.40. The van der Waals surface area contributed by atoms with Crippen molar-refractivity contribution in [2.75, 3.05) is 32.9 Å². The first-order valence-electron chi connectivity index (χ1n) is 7.37. The maximum absolute atomic E-state index is 12.7. The van der Waals surface area contributed by atoms with Gasteiger partial charge >= 0.3 is 6.18 Å². The van der Waals surface area contributed by atoms with Crippen molar-refractivity contribution in [3.63, 3.8) is 0 Å². The molecule has 1 aliphatic heterocycles. The molecule has 2 rings (SSSR count). The first-order valence-corrected chi connectivity index (χ1v) is 7.75. The van der Waals surface area contributed by atoms with Crippen LogP contribution >= 0.6 is 11.6 Å². The quantitative estimate of drug-likeness (QED) is 0.852. The average molecular weight is 354 g/mol. The molecule has 0 spiro atoms. The smallest absolute Gasteiger partial charge is 0.401 e. The lowest BCUT2D eigenvalue weighted by Gasteiger charge is -2.24. The van der Waals surface area contributed by atoms with E-state index >= 15 is 0 Å². The molecule has 1 N–H and O–H groups in total. The van der Waals surface area contributed by atoms with E-state index in [1.165, 1.54) is 4.90 Å². The summed E-state index contributed by atoms with van der Waals surface area (Å²) >= 11 is 6.16. The number of halogens is 4. The minimum Gasteiger partial charge on any atom is -0.489 e. The van der Waals surface area contributed by atoms with Crippen LogP contribution in [-0.2, 0) is 6.54 Å². The summed E-state index contributed by atoms with van der Waals surface area (Å²) in [4.78, 5) is 1.23. The second-order valence-electron chi connectivity index (χ2n) is 5.36. The Labute approximate surface area is 137 Å².